The van der Waals surface area contributed by atoms with Crippen LogP contribution in [0.1, 0.15) is 56.9 Å². The number of aliphatic hydroxyl groups excluding tert-OH is 1. The van der Waals surface area contributed by atoms with Gasteiger partial charge in [-0.3, -0.25) is 25.1 Å². The van der Waals surface area contributed by atoms with Gasteiger partial charge in [-0.15, -0.1) is 0 Å². The van der Waals surface area contributed by atoms with Crippen molar-refractivity contribution in [1.29, 1.82) is 0 Å². The fourth-order valence-electron chi connectivity index (χ4n) is 4.74. The molecule has 0 spiro atoms. The Kier molecular flexibility index (Phi) is 7.02. The van der Waals surface area contributed by atoms with Gasteiger partial charge in [0, 0.05) is 24.2 Å². The third kappa shape index (κ3) is 5.02. The van der Waals surface area contributed by atoms with Crippen LogP contribution in [0.5, 0.6) is 5.75 Å². The number of nitrogens with zero attached hydrogens (tertiary/aromatic N) is 3. The van der Waals surface area contributed by atoms with Gasteiger partial charge in [-0.25, -0.2) is 0 Å². The minimum Gasteiger partial charge on any atom is -0.484 e. The number of aryl methyl sites for hydroxylation is 1. The van der Waals surface area contributed by atoms with Gasteiger partial charge in [0.05, 0.1) is 9.85 Å². The van der Waals surface area contributed by atoms with Crippen molar-refractivity contribution >= 4 is 11.4 Å². The van der Waals surface area contributed by atoms with Crippen LogP contribution in [0.4, 0.5) is 11.4 Å². The normalized spacial score (nSPS) is 19.0. The first-order valence-corrected chi connectivity index (χ1v) is 10.4. The molecule has 2 fully saturated rings. The molecule has 1 N–H and O–H groups in total. The van der Waals surface area contributed by atoms with E-state index in [0.29, 0.717) is 18.6 Å². The molecule has 2 aliphatic rings. The molecule has 1 atom stereocenters. The average molecular weight is 407 g/mol. The number of nitro benzene ring substituents is 2. The van der Waals surface area contributed by atoms with Crippen LogP contribution >= 0.6 is 0 Å². The summed E-state index contributed by atoms with van der Waals surface area (Å²) in [6, 6.07) is 3.74. The molecule has 0 aromatic heterocycles. The van der Waals surface area contributed by atoms with E-state index in [1.807, 2.05) is 0 Å². The SMILES string of the molecule is Cc1ccc(OCC(O)CN(C2CCCC2)C2CCCC2)c([N+](=O)[O-])c1[N+](=O)[O-]. The highest BCUT2D eigenvalue weighted by molar-refractivity contribution is 5.65. The summed E-state index contributed by atoms with van der Waals surface area (Å²) in [6.07, 6.45) is 8.56. The van der Waals surface area contributed by atoms with Crippen LogP contribution in [0.2, 0.25) is 0 Å². The molecule has 160 valence electrons. The Morgan fingerprint density at radius 3 is 2.03 bits per heavy atom. The van der Waals surface area contributed by atoms with Crippen molar-refractivity contribution in [3.05, 3.63) is 37.9 Å². The number of rotatable bonds is 9. The van der Waals surface area contributed by atoms with E-state index in [0.717, 1.165) is 25.7 Å². The first-order valence-electron chi connectivity index (χ1n) is 10.4. The lowest BCUT2D eigenvalue weighted by atomic mass is 10.1. The van der Waals surface area contributed by atoms with Crippen LogP contribution in [0, 0.1) is 27.2 Å². The van der Waals surface area contributed by atoms with Crippen LogP contribution in [-0.4, -0.2) is 51.2 Å². The minimum absolute atomic E-state index is 0.142. The topological polar surface area (TPSA) is 119 Å². The van der Waals surface area contributed by atoms with Crippen LogP contribution in [0.15, 0.2) is 12.1 Å². The van der Waals surface area contributed by atoms with Crippen molar-refractivity contribution in [2.24, 2.45) is 0 Å². The Labute approximate surface area is 170 Å². The van der Waals surface area contributed by atoms with Gasteiger partial charge in [0.2, 0.25) is 5.75 Å². The number of hydrogen-bond donors (Lipinski definition) is 1. The van der Waals surface area contributed by atoms with Gasteiger partial charge in [-0.1, -0.05) is 25.7 Å². The second kappa shape index (κ2) is 9.49. The van der Waals surface area contributed by atoms with Crippen molar-refractivity contribution in [1.82, 2.24) is 4.90 Å². The summed E-state index contributed by atoms with van der Waals surface area (Å²) in [4.78, 5) is 23.5. The molecular formula is C20H29N3O6. The van der Waals surface area contributed by atoms with E-state index in [2.05, 4.69) is 4.90 Å². The molecule has 0 radical (unpaired) electrons. The van der Waals surface area contributed by atoms with Crippen molar-refractivity contribution in [2.45, 2.75) is 76.5 Å². The van der Waals surface area contributed by atoms with E-state index in [1.165, 1.54) is 44.7 Å². The van der Waals surface area contributed by atoms with Crippen LogP contribution in [0.25, 0.3) is 0 Å². The van der Waals surface area contributed by atoms with E-state index in [4.69, 9.17) is 4.74 Å². The Balaban J connectivity index is 1.69. The summed E-state index contributed by atoms with van der Waals surface area (Å²) in [7, 11) is 0. The number of nitro groups is 2. The second-order valence-electron chi connectivity index (χ2n) is 8.13. The molecule has 0 amide bonds. The zero-order valence-electron chi connectivity index (χ0n) is 16.8. The summed E-state index contributed by atoms with van der Waals surface area (Å²) in [5.74, 6) is -0.181. The molecule has 0 heterocycles. The number of hydrogen-bond acceptors (Lipinski definition) is 7. The van der Waals surface area contributed by atoms with Gasteiger partial charge < -0.3 is 9.84 Å². The monoisotopic (exact) mass is 407 g/mol. The molecule has 0 bridgehead atoms. The molecule has 9 nitrogen and oxygen atoms in total. The van der Waals surface area contributed by atoms with Crippen molar-refractivity contribution in [2.75, 3.05) is 13.2 Å². The van der Waals surface area contributed by atoms with Crippen molar-refractivity contribution in [3.8, 4) is 5.75 Å². The van der Waals surface area contributed by atoms with E-state index < -0.39 is 27.3 Å². The molecule has 2 saturated carbocycles. The molecule has 1 aromatic carbocycles. The number of aliphatic hydroxyl groups is 1. The van der Waals surface area contributed by atoms with Gasteiger partial charge in [0.25, 0.3) is 0 Å². The highest BCUT2D eigenvalue weighted by Gasteiger charge is 2.34. The fourth-order valence-corrected chi connectivity index (χ4v) is 4.74. The molecule has 0 aliphatic heterocycles. The zero-order valence-corrected chi connectivity index (χ0v) is 16.8. The zero-order chi connectivity index (χ0) is 21.0. The summed E-state index contributed by atoms with van der Waals surface area (Å²) >= 11 is 0. The van der Waals surface area contributed by atoms with E-state index in [9.17, 15) is 25.3 Å². The lowest BCUT2D eigenvalue weighted by molar-refractivity contribution is -0.423. The standard InChI is InChI=1S/C20H29N3O6/c1-14-10-11-18(20(23(27)28)19(14)22(25)26)29-13-17(24)12-21(15-6-2-3-7-15)16-8-4-5-9-16/h10-11,15-17,24H,2-9,12-13H2,1H3. The number of benzene rings is 1. The van der Waals surface area contributed by atoms with Gasteiger partial charge in [-0.05, 0) is 44.7 Å². The van der Waals surface area contributed by atoms with Gasteiger partial charge in [0.1, 0.15) is 12.7 Å². The highest BCUT2D eigenvalue weighted by atomic mass is 16.6. The molecule has 9 heteroatoms. The Hall–Kier alpha value is -2.26. The Morgan fingerprint density at radius 2 is 1.55 bits per heavy atom. The summed E-state index contributed by atoms with van der Waals surface area (Å²) in [5.41, 5.74) is -1.03. The lowest BCUT2D eigenvalue weighted by Crippen LogP contribution is -2.46. The van der Waals surface area contributed by atoms with Gasteiger partial charge in [-0.2, -0.15) is 0 Å². The maximum atomic E-state index is 11.4. The largest absolute Gasteiger partial charge is 0.484 e. The molecule has 0 saturated heterocycles. The minimum atomic E-state index is -0.823. The predicted molar refractivity (Wildman–Crippen MR) is 107 cm³/mol. The average Bonchev–Trinajstić information content (AvgIpc) is 3.38. The second-order valence-corrected chi connectivity index (χ2v) is 8.13. The molecule has 29 heavy (non-hydrogen) atoms. The molecule has 1 unspecified atom stereocenters. The van der Waals surface area contributed by atoms with Gasteiger partial charge >= 0.3 is 11.4 Å². The van der Waals surface area contributed by atoms with Crippen molar-refractivity contribution < 1.29 is 19.7 Å². The summed E-state index contributed by atoms with van der Waals surface area (Å²) in [5, 5.41) is 33.3. The smallest absolute Gasteiger partial charge is 0.387 e. The molecule has 3 rings (SSSR count). The molecular weight excluding hydrogens is 378 g/mol. The fraction of sp³-hybridized carbons (Fsp3) is 0.700. The van der Waals surface area contributed by atoms with E-state index in [1.54, 1.807) is 0 Å². The molecule has 2 aliphatic carbocycles. The summed E-state index contributed by atoms with van der Waals surface area (Å²) < 4.78 is 5.51. The molecule has 1 aromatic rings. The van der Waals surface area contributed by atoms with Crippen LogP contribution in [0.3, 0.4) is 0 Å². The quantitative estimate of drug-likeness (QED) is 0.489. The maximum absolute atomic E-state index is 11.4. The van der Waals surface area contributed by atoms with Crippen LogP contribution < -0.4 is 4.74 Å². The first-order chi connectivity index (χ1) is 13.9. The third-order valence-electron chi connectivity index (χ3n) is 6.12. The number of ether oxygens (including phenoxy) is 1. The third-order valence-corrected chi connectivity index (χ3v) is 6.12. The maximum Gasteiger partial charge on any atom is 0.387 e. The van der Waals surface area contributed by atoms with Gasteiger partial charge in [0.15, 0.2) is 0 Å². The summed E-state index contributed by atoms with van der Waals surface area (Å²) in [6.45, 7) is 1.76. The van der Waals surface area contributed by atoms with E-state index in [-0.39, 0.29) is 17.9 Å². The Morgan fingerprint density at radius 1 is 1.03 bits per heavy atom. The van der Waals surface area contributed by atoms with Crippen LogP contribution in [-0.2, 0) is 0 Å². The van der Waals surface area contributed by atoms with Crippen molar-refractivity contribution in [3.63, 3.8) is 0 Å². The predicted octanol–water partition coefficient (Wildman–Crippen LogP) is 3.74. The van der Waals surface area contributed by atoms with E-state index >= 15 is 0 Å². The lowest BCUT2D eigenvalue weighted by Gasteiger charge is -2.35. The highest BCUT2D eigenvalue weighted by Crippen LogP contribution is 2.39. The first kappa shape index (κ1) is 21.4. The Bertz CT molecular complexity index is 728.